The summed E-state index contributed by atoms with van der Waals surface area (Å²) in [4.78, 5) is 25.4. The lowest BCUT2D eigenvalue weighted by Gasteiger charge is -2.11. The molecular formula is C22H19ClN4O4. The van der Waals surface area contributed by atoms with Crippen LogP contribution in [0.2, 0.25) is 5.02 Å². The van der Waals surface area contributed by atoms with Crippen LogP contribution in [-0.4, -0.2) is 34.3 Å². The number of aromatic nitrogens is 3. The standard InChI is InChI=1S/C22H19ClN4O4/c1-30-19-8-7-16(11-20(19)31-2)24-21(28)13-26-9-10-27-18(22(26)29)12-17(25-27)14-3-5-15(23)6-4-14/h3-12H,13H2,1-2H3,(H,24,28). The van der Waals surface area contributed by atoms with Crippen molar-refractivity contribution in [3.05, 3.63) is 76.3 Å². The second-order valence-electron chi connectivity index (χ2n) is 6.72. The van der Waals surface area contributed by atoms with Gasteiger partial charge in [-0.3, -0.25) is 9.59 Å². The first kappa shape index (κ1) is 20.5. The quantitative estimate of drug-likeness (QED) is 0.498. The Morgan fingerprint density at radius 1 is 1.03 bits per heavy atom. The Kier molecular flexibility index (Phi) is 5.64. The molecule has 2 aromatic carbocycles. The summed E-state index contributed by atoms with van der Waals surface area (Å²) in [5.74, 6) is 0.698. The van der Waals surface area contributed by atoms with Crippen molar-refractivity contribution in [3.63, 3.8) is 0 Å². The van der Waals surface area contributed by atoms with Gasteiger partial charge in [-0.15, -0.1) is 0 Å². The molecule has 0 spiro atoms. The Hall–Kier alpha value is -3.78. The van der Waals surface area contributed by atoms with E-state index in [1.165, 1.54) is 29.5 Å². The van der Waals surface area contributed by atoms with Crippen molar-refractivity contribution in [3.8, 4) is 22.8 Å². The first-order chi connectivity index (χ1) is 15.0. The van der Waals surface area contributed by atoms with E-state index in [0.29, 0.717) is 33.4 Å². The Bertz CT molecular complexity index is 1310. The summed E-state index contributed by atoms with van der Waals surface area (Å²) in [5.41, 5.74) is 2.06. The van der Waals surface area contributed by atoms with E-state index >= 15 is 0 Å². The highest BCUT2D eigenvalue weighted by Crippen LogP contribution is 2.29. The molecule has 31 heavy (non-hydrogen) atoms. The van der Waals surface area contributed by atoms with E-state index in [4.69, 9.17) is 21.1 Å². The minimum Gasteiger partial charge on any atom is -0.493 e. The van der Waals surface area contributed by atoms with Crippen LogP contribution in [-0.2, 0) is 11.3 Å². The summed E-state index contributed by atoms with van der Waals surface area (Å²) in [6.07, 6.45) is 3.17. The van der Waals surface area contributed by atoms with Gasteiger partial charge in [-0.1, -0.05) is 23.7 Å². The normalized spacial score (nSPS) is 10.8. The van der Waals surface area contributed by atoms with E-state index in [1.54, 1.807) is 42.6 Å². The maximum Gasteiger partial charge on any atom is 0.277 e. The van der Waals surface area contributed by atoms with Gasteiger partial charge in [-0.25, -0.2) is 4.52 Å². The largest absolute Gasteiger partial charge is 0.493 e. The van der Waals surface area contributed by atoms with Gasteiger partial charge in [0.05, 0.1) is 19.9 Å². The van der Waals surface area contributed by atoms with Crippen LogP contribution in [0.4, 0.5) is 5.69 Å². The first-order valence-electron chi connectivity index (χ1n) is 9.35. The molecular weight excluding hydrogens is 420 g/mol. The summed E-state index contributed by atoms with van der Waals surface area (Å²) in [7, 11) is 3.05. The monoisotopic (exact) mass is 438 g/mol. The van der Waals surface area contributed by atoms with Gasteiger partial charge in [0.1, 0.15) is 12.1 Å². The lowest BCUT2D eigenvalue weighted by molar-refractivity contribution is -0.116. The zero-order valence-electron chi connectivity index (χ0n) is 16.8. The molecule has 0 unspecified atom stereocenters. The molecule has 0 bridgehead atoms. The van der Waals surface area contributed by atoms with E-state index < -0.39 is 0 Å². The number of ether oxygens (including phenoxy) is 2. The minimum absolute atomic E-state index is 0.148. The second-order valence-corrected chi connectivity index (χ2v) is 7.15. The van der Waals surface area contributed by atoms with Crippen LogP contribution in [0, 0.1) is 0 Å². The SMILES string of the molecule is COc1ccc(NC(=O)Cn2ccn3nc(-c4ccc(Cl)cc4)cc3c2=O)cc1OC. The van der Waals surface area contributed by atoms with Crippen molar-refractivity contribution in [1.82, 2.24) is 14.2 Å². The Balaban J connectivity index is 1.56. The molecule has 158 valence electrons. The molecule has 4 aromatic rings. The number of rotatable bonds is 6. The molecule has 2 heterocycles. The predicted molar refractivity (Wildman–Crippen MR) is 118 cm³/mol. The topological polar surface area (TPSA) is 86.9 Å². The van der Waals surface area contributed by atoms with Crippen LogP contribution in [0.5, 0.6) is 11.5 Å². The molecule has 4 rings (SSSR count). The molecule has 0 atom stereocenters. The number of nitrogens with one attached hydrogen (secondary N) is 1. The third-order valence-electron chi connectivity index (χ3n) is 4.72. The van der Waals surface area contributed by atoms with Crippen molar-refractivity contribution < 1.29 is 14.3 Å². The fourth-order valence-corrected chi connectivity index (χ4v) is 3.31. The van der Waals surface area contributed by atoms with Gasteiger partial charge in [0, 0.05) is 34.7 Å². The highest BCUT2D eigenvalue weighted by Gasteiger charge is 2.12. The van der Waals surface area contributed by atoms with E-state index in [0.717, 1.165) is 5.56 Å². The summed E-state index contributed by atoms with van der Waals surface area (Å²) in [5, 5.41) is 7.81. The highest BCUT2D eigenvalue weighted by atomic mass is 35.5. The molecule has 1 amide bonds. The number of fused-ring (bicyclic) bond motifs is 1. The number of carbonyl (C=O) groups is 1. The second kappa shape index (κ2) is 8.53. The van der Waals surface area contributed by atoms with Gasteiger partial charge in [0.2, 0.25) is 5.91 Å². The number of hydrogen-bond donors (Lipinski definition) is 1. The van der Waals surface area contributed by atoms with Crippen molar-refractivity contribution >= 4 is 28.7 Å². The van der Waals surface area contributed by atoms with Crippen molar-refractivity contribution in [1.29, 1.82) is 0 Å². The van der Waals surface area contributed by atoms with Crippen LogP contribution in [0.15, 0.2) is 65.7 Å². The number of benzene rings is 2. The lowest BCUT2D eigenvalue weighted by atomic mass is 10.1. The predicted octanol–water partition coefficient (Wildman–Crippen LogP) is 3.47. The fourth-order valence-electron chi connectivity index (χ4n) is 3.18. The van der Waals surface area contributed by atoms with Gasteiger partial charge < -0.3 is 19.4 Å². The summed E-state index contributed by atoms with van der Waals surface area (Å²) in [6.45, 7) is -0.148. The van der Waals surface area contributed by atoms with Crippen LogP contribution < -0.4 is 20.3 Å². The average molecular weight is 439 g/mol. The molecule has 2 aromatic heterocycles. The smallest absolute Gasteiger partial charge is 0.277 e. The Morgan fingerprint density at radius 3 is 2.48 bits per heavy atom. The minimum atomic E-state index is -0.351. The average Bonchev–Trinajstić information content (AvgIpc) is 3.21. The Morgan fingerprint density at radius 2 is 1.77 bits per heavy atom. The van der Waals surface area contributed by atoms with Crippen LogP contribution >= 0.6 is 11.6 Å². The maximum absolute atomic E-state index is 12.9. The third-order valence-corrected chi connectivity index (χ3v) is 4.98. The Labute approximate surface area is 182 Å². The lowest BCUT2D eigenvalue weighted by Crippen LogP contribution is -2.28. The fraction of sp³-hybridized carbons (Fsp3) is 0.136. The molecule has 0 saturated carbocycles. The summed E-state index contributed by atoms with van der Waals surface area (Å²) >= 11 is 5.93. The molecule has 0 saturated heterocycles. The van der Waals surface area contributed by atoms with Crippen molar-refractivity contribution in [2.24, 2.45) is 0 Å². The highest BCUT2D eigenvalue weighted by molar-refractivity contribution is 6.30. The van der Waals surface area contributed by atoms with Crippen LogP contribution in [0.1, 0.15) is 0 Å². The third kappa shape index (κ3) is 4.24. The van der Waals surface area contributed by atoms with Gasteiger partial charge in [0.25, 0.3) is 5.56 Å². The van der Waals surface area contributed by atoms with Crippen molar-refractivity contribution in [2.75, 3.05) is 19.5 Å². The molecule has 0 radical (unpaired) electrons. The summed E-state index contributed by atoms with van der Waals surface area (Å²) in [6, 6.07) is 13.9. The molecule has 0 aliphatic heterocycles. The molecule has 0 fully saturated rings. The number of carbonyl (C=O) groups excluding carboxylic acids is 1. The van der Waals surface area contributed by atoms with Gasteiger partial charge >= 0.3 is 0 Å². The number of amides is 1. The van der Waals surface area contributed by atoms with E-state index in [-0.39, 0.29) is 18.0 Å². The van der Waals surface area contributed by atoms with Gasteiger partial charge in [-0.2, -0.15) is 5.10 Å². The van der Waals surface area contributed by atoms with Crippen molar-refractivity contribution in [2.45, 2.75) is 6.54 Å². The molecule has 8 nitrogen and oxygen atoms in total. The summed E-state index contributed by atoms with van der Waals surface area (Å²) < 4.78 is 13.3. The zero-order chi connectivity index (χ0) is 22.0. The molecule has 0 aliphatic rings. The number of hydrogen-bond acceptors (Lipinski definition) is 5. The zero-order valence-corrected chi connectivity index (χ0v) is 17.6. The number of halogens is 1. The first-order valence-corrected chi connectivity index (χ1v) is 9.73. The van der Waals surface area contributed by atoms with Crippen LogP contribution in [0.25, 0.3) is 16.8 Å². The van der Waals surface area contributed by atoms with E-state index in [9.17, 15) is 9.59 Å². The number of nitrogens with zero attached hydrogens (tertiary/aromatic N) is 3. The number of anilines is 1. The van der Waals surface area contributed by atoms with Crippen LogP contribution in [0.3, 0.4) is 0 Å². The molecule has 9 heteroatoms. The molecule has 0 aliphatic carbocycles. The van der Waals surface area contributed by atoms with E-state index in [1.807, 2.05) is 12.1 Å². The van der Waals surface area contributed by atoms with Gasteiger partial charge in [0.15, 0.2) is 11.5 Å². The maximum atomic E-state index is 12.9. The van der Waals surface area contributed by atoms with Gasteiger partial charge in [-0.05, 0) is 30.3 Å². The van der Waals surface area contributed by atoms with E-state index in [2.05, 4.69) is 10.4 Å². The molecule has 1 N–H and O–H groups in total. The number of methoxy groups -OCH3 is 2.